The predicted molar refractivity (Wildman–Crippen MR) is 98.7 cm³/mol. The fourth-order valence-electron chi connectivity index (χ4n) is 3.26. The monoisotopic (exact) mass is 376 g/mol. The third-order valence-corrected chi connectivity index (χ3v) is 5.02. The molecule has 0 aliphatic carbocycles. The molecule has 0 saturated carbocycles. The van der Waals surface area contributed by atoms with Crippen LogP contribution < -0.4 is 5.32 Å². The van der Waals surface area contributed by atoms with Crippen LogP contribution in [0, 0.1) is 5.92 Å². The molecule has 1 aromatic heterocycles. The zero-order valence-electron chi connectivity index (χ0n) is 14.9. The second-order valence-electron chi connectivity index (χ2n) is 6.59. The van der Waals surface area contributed by atoms with E-state index in [0.29, 0.717) is 11.8 Å². The average molecular weight is 377 g/mol. The van der Waals surface area contributed by atoms with Crippen molar-refractivity contribution in [3.8, 4) is 0 Å². The van der Waals surface area contributed by atoms with Gasteiger partial charge in [0.2, 0.25) is 5.91 Å². The highest BCUT2D eigenvalue weighted by atomic mass is 35.5. The van der Waals surface area contributed by atoms with Gasteiger partial charge in [-0.05, 0) is 29.8 Å². The molecule has 2 heterocycles. The second-order valence-corrected chi connectivity index (χ2v) is 7.42. The quantitative estimate of drug-likeness (QED) is 0.754. The van der Waals surface area contributed by atoms with Gasteiger partial charge in [0.05, 0.1) is 10.6 Å². The lowest BCUT2D eigenvalue weighted by Gasteiger charge is -2.19. The minimum Gasteiger partial charge on any atom is -0.375 e. The van der Waals surface area contributed by atoms with Gasteiger partial charge in [-0.2, -0.15) is 0 Å². The molecular formula is C16H29ClN4O2S. The van der Waals surface area contributed by atoms with Crippen LogP contribution >= 0.6 is 23.9 Å². The number of likely N-dealkylation sites (tertiary alicyclic amines) is 1. The van der Waals surface area contributed by atoms with Crippen LogP contribution in [0.25, 0.3) is 0 Å². The fourth-order valence-corrected chi connectivity index (χ4v) is 4.10. The summed E-state index contributed by atoms with van der Waals surface area (Å²) in [4.78, 5) is 15.5. The zero-order chi connectivity index (χ0) is 16.8. The molecule has 24 heavy (non-hydrogen) atoms. The summed E-state index contributed by atoms with van der Waals surface area (Å²) in [6, 6.07) is 0.209. The topological polar surface area (TPSA) is 67.4 Å². The largest absolute Gasteiger partial charge is 0.375 e. The van der Waals surface area contributed by atoms with E-state index in [1.807, 2.05) is 0 Å². The molecule has 0 spiro atoms. The summed E-state index contributed by atoms with van der Waals surface area (Å²) in [5.74, 6) is 0.877. The molecule has 8 heteroatoms. The van der Waals surface area contributed by atoms with Crippen molar-refractivity contribution >= 4 is 29.8 Å². The number of carbonyl (C=O) groups excluding carboxylic acids is 1. The van der Waals surface area contributed by atoms with E-state index in [1.54, 1.807) is 7.11 Å². The Kier molecular flexibility index (Phi) is 9.12. The zero-order valence-corrected chi connectivity index (χ0v) is 16.6. The molecule has 1 N–H and O–H groups in total. The third-order valence-electron chi connectivity index (χ3n) is 4.30. The Morgan fingerprint density at radius 1 is 1.46 bits per heavy atom. The van der Waals surface area contributed by atoms with Crippen molar-refractivity contribution in [3.05, 3.63) is 10.6 Å². The number of halogens is 1. The number of amides is 1. The number of rotatable bonds is 8. The van der Waals surface area contributed by atoms with Crippen molar-refractivity contribution in [2.45, 2.75) is 52.1 Å². The van der Waals surface area contributed by atoms with Crippen LogP contribution in [0.4, 0.5) is 0 Å². The minimum atomic E-state index is -0.0252. The number of ether oxygens (including phenoxy) is 1. The molecule has 2 atom stereocenters. The van der Waals surface area contributed by atoms with Crippen molar-refractivity contribution in [1.82, 2.24) is 19.8 Å². The maximum Gasteiger partial charge on any atom is 0.246 e. The van der Waals surface area contributed by atoms with Gasteiger partial charge in [-0.3, -0.25) is 9.69 Å². The molecule has 0 radical (unpaired) electrons. The average Bonchev–Trinajstić information content (AvgIpc) is 3.08. The molecule has 0 unspecified atom stereocenters. The molecule has 1 aliphatic heterocycles. The van der Waals surface area contributed by atoms with Crippen molar-refractivity contribution in [1.29, 1.82) is 0 Å². The van der Waals surface area contributed by atoms with Gasteiger partial charge >= 0.3 is 0 Å². The number of methoxy groups -OCH3 is 1. The van der Waals surface area contributed by atoms with E-state index in [-0.39, 0.29) is 31.0 Å². The molecule has 0 aromatic carbocycles. The Morgan fingerprint density at radius 2 is 2.21 bits per heavy atom. The highest BCUT2D eigenvalue weighted by molar-refractivity contribution is 7.05. The number of aromatic nitrogens is 2. The second kappa shape index (κ2) is 10.3. The van der Waals surface area contributed by atoms with E-state index in [4.69, 9.17) is 4.74 Å². The van der Waals surface area contributed by atoms with Gasteiger partial charge in [0.15, 0.2) is 0 Å². The summed E-state index contributed by atoms with van der Waals surface area (Å²) in [5.41, 5.74) is 1.11. The van der Waals surface area contributed by atoms with E-state index in [0.717, 1.165) is 38.2 Å². The van der Waals surface area contributed by atoms with Gasteiger partial charge in [0.25, 0.3) is 0 Å². The first-order valence-electron chi connectivity index (χ1n) is 8.36. The smallest absolute Gasteiger partial charge is 0.246 e. The van der Waals surface area contributed by atoms with Crippen LogP contribution in [0.2, 0.25) is 0 Å². The Labute approximate surface area is 154 Å². The molecule has 1 saturated heterocycles. The molecule has 1 amide bonds. The molecule has 0 bridgehead atoms. The van der Waals surface area contributed by atoms with E-state index < -0.39 is 0 Å². The summed E-state index contributed by atoms with van der Waals surface area (Å²) in [6.45, 7) is 9.40. The van der Waals surface area contributed by atoms with Gasteiger partial charge in [-0.15, -0.1) is 17.5 Å². The van der Waals surface area contributed by atoms with Crippen LogP contribution in [-0.2, 0) is 16.1 Å². The SMILES string of the molecule is CCC[C@H]1CN(Cc2snnc2C(C)C)C[C@@H]1NC(=O)COC.Cl. The van der Waals surface area contributed by atoms with E-state index in [1.165, 1.54) is 16.4 Å². The first-order chi connectivity index (χ1) is 11.0. The first kappa shape index (κ1) is 21.3. The summed E-state index contributed by atoms with van der Waals surface area (Å²) in [7, 11) is 1.55. The molecular weight excluding hydrogens is 348 g/mol. The van der Waals surface area contributed by atoms with Gasteiger partial charge in [0.1, 0.15) is 6.61 Å². The number of nitrogens with zero attached hydrogens (tertiary/aromatic N) is 3. The van der Waals surface area contributed by atoms with Crippen molar-refractivity contribution < 1.29 is 9.53 Å². The number of carbonyl (C=O) groups is 1. The van der Waals surface area contributed by atoms with Gasteiger partial charge in [-0.1, -0.05) is 31.7 Å². The Bertz CT molecular complexity index is 512. The summed E-state index contributed by atoms with van der Waals surface area (Å²) in [6.07, 6.45) is 2.26. The third kappa shape index (κ3) is 5.65. The molecule has 6 nitrogen and oxygen atoms in total. The van der Waals surface area contributed by atoms with Gasteiger partial charge < -0.3 is 10.1 Å². The lowest BCUT2D eigenvalue weighted by atomic mass is 9.98. The number of nitrogens with one attached hydrogen (secondary N) is 1. The number of hydrogen-bond donors (Lipinski definition) is 1. The summed E-state index contributed by atoms with van der Waals surface area (Å²) < 4.78 is 9.03. The Balaban J connectivity index is 0.00000288. The van der Waals surface area contributed by atoms with Crippen molar-refractivity contribution in [2.75, 3.05) is 26.8 Å². The van der Waals surface area contributed by atoms with Crippen molar-refractivity contribution in [3.63, 3.8) is 0 Å². The van der Waals surface area contributed by atoms with Crippen LogP contribution in [0.3, 0.4) is 0 Å². The van der Waals surface area contributed by atoms with E-state index in [9.17, 15) is 4.79 Å². The Hall–Kier alpha value is -0.760. The predicted octanol–water partition coefficient (Wildman–Crippen LogP) is 2.45. The van der Waals surface area contributed by atoms with E-state index in [2.05, 4.69) is 40.6 Å². The van der Waals surface area contributed by atoms with Crippen LogP contribution in [0.15, 0.2) is 0 Å². The summed E-state index contributed by atoms with van der Waals surface area (Å²) >= 11 is 1.49. The normalized spacial score (nSPS) is 21.0. The summed E-state index contributed by atoms with van der Waals surface area (Å²) in [5, 5.41) is 7.39. The first-order valence-corrected chi connectivity index (χ1v) is 9.14. The van der Waals surface area contributed by atoms with Gasteiger partial charge in [0, 0.05) is 32.8 Å². The molecule has 138 valence electrons. The van der Waals surface area contributed by atoms with Gasteiger partial charge in [-0.25, -0.2) is 0 Å². The Morgan fingerprint density at radius 3 is 2.83 bits per heavy atom. The van der Waals surface area contributed by atoms with E-state index >= 15 is 0 Å². The number of hydrogen-bond acceptors (Lipinski definition) is 6. The maximum absolute atomic E-state index is 11.8. The van der Waals surface area contributed by atoms with Crippen LogP contribution in [-0.4, -0.2) is 53.2 Å². The van der Waals surface area contributed by atoms with Crippen LogP contribution in [0.1, 0.15) is 50.1 Å². The highest BCUT2D eigenvalue weighted by Crippen LogP contribution is 2.27. The molecule has 1 aromatic rings. The molecule has 1 aliphatic rings. The fraction of sp³-hybridized carbons (Fsp3) is 0.812. The van der Waals surface area contributed by atoms with Crippen LogP contribution in [0.5, 0.6) is 0 Å². The molecule has 1 fully saturated rings. The lowest BCUT2D eigenvalue weighted by molar-refractivity contribution is -0.125. The highest BCUT2D eigenvalue weighted by Gasteiger charge is 2.33. The lowest BCUT2D eigenvalue weighted by Crippen LogP contribution is -2.42. The maximum atomic E-state index is 11.8. The molecule has 2 rings (SSSR count). The van der Waals surface area contributed by atoms with Crippen molar-refractivity contribution in [2.24, 2.45) is 5.92 Å². The standard InChI is InChI=1S/C16H28N4O2S.ClH/c1-5-6-12-7-20(8-13(12)17-15(21)10-22-4)9-14-16(11(2)3)18-19-23-14;/h11-13H,5-10H2,1-4H3,(H,17,21);1H/t12-,13-;/m0./s1. The minimum absolute atomic E-state index is 0.